The lowest BCUT2D eigenvalue weighted by Gasteiger charge is -2.23. The number of barbiturate groups is 1. The van der Waals surface area contributed by atoms with E-state index in [0.717, 1.165) is 32.4 Å². The molecule has 1 aromatic carbocycles. The van der Waals surface area contributed by atoms with E-state index >= 15 is 0 Å². The summed E-state index contributed by atoms with van der Waals surface area (Å²) in [5, 5.41) is 24.9. The summed E-state index contributed by atoms with van der Waals surface area (Å²) in [6.07, 6.45) is 0.887. The first-order chi connectivity index (χ1) is 10.8. The highest BCUT2D eigenvalue weighted by atomic mass is 16.6. The number of urea groups is 1. The molecule has 0 aromatic heterocycles. The third kappa shape index (κ3) is 2.81. The van der Waals surface area contributed by atoms with Crippen molar-refractivity contribution in [1.82, 2.24) is 10.2 Å². The summed E-state index contributed by atoms with van der Waals surface area (Å²) < 4.78 is 4.76. The van der Waals surface area contributed by atoms with Crippen molar-refractivity contribution in [2.24, 2.45) is 0 Å². The number of nitro groups is 1. The van der Waals surface area contributed by atoms with E-state index in [9.17, 15) is 29.6 Å². The van der Waals surface area contributed by atoms with Crippen LogP contribution in [0.5, 0.6) is 11.5 Å². The Balaban J connectivity index is 2.59. The minimum atomic E-state index is -0.997. The zero-order chi connectivity index (χ0) is 17.3. The molecule has 10 heteroatoms. The first kappa shape index (κ1) is 15.9. The van der Waals surface area contributed by atoms with Crippen LogP contribution in [0.25, 0.3) is 6.08 Å². The third-order valence-electron chi connectivity index (χ3n) is 3.10. The van der Waals surface area contributed by atoms with E-state index in [1.807, 2.05) is 5.32 Å². The van der Waals surface area contributed by atoms with Crippen LogP contribution in [0, 0.1) is 10.1 Å². The Morgan fingerprint density at radius 2 is 1.96 bits per heavy atom. The molecule has 2 rings (SSSR count). The van der Waals surface area contributed by atoms with Crippen molar-refractivity contribution in [3.63, 3.8) is 0 Å². The molecule has 4 amide bonds. The van der Waals surface area contributed by atoms with Gasteiger partial charge in [0, 0.05) is 13.1 Å². The summed E-state index contributed by atoms with van der Waals surface area (Å²) in [7, 11) is 2.30. The molecule has 1 N–H and O–H groups in total. The summed E-state index contributed by atoms with van der Waals surface area (Å²) in [5.41, 5.74) is -1.22. The molecule has 0 bridgehead atoms. The number of nitro benzene ring substituents is 1. The van der Waals surface area contributed by atoms with Crippen LogP contribution < -0.4 is 15.2 Å². The zero-order valence-electron chi connectivity index (χ0n) is 12.0. The second-order valence-electron chi connectivity index (χ2n) is 4.50. The van der Waals surface area contributed by atoms with Crippen LogP contribution in [-0.4, -0.2) is 41.8 Å². The molecule has 0 saturated carbocycles. The fourth-order valence-electron chi connectivity index (χ4n) is 1.87. The van der Waals surface area contributed by atoms with Crippen LogP contribution in [-0.2, 0) is 9.59 Å². The van der Waals surface area contributed by atoms with E-state index in [1.54, 1.807) is 0 Å². The first-order valence-corrected chi connectivity index (χ1v) is 6.14. The molecule has 0 radical (unpaired) electrons. The van der Waals surface area contributed by atoms with Gasteiger partial charge in [0.05, 0.1) is 18.1 Å². The predicted molar refractivity (Wildman–Crippen MR) is 73.4 cm³/mol. The molecule has 0 spiro atoms. The molecule has 1 heterocycles. The van der Waals surface area contributed by atoms with Gasteiger partial charge in [0.25, 0.3) is 17.5 Å². The van der Waals surface area contributed by atoms with Crippen molar-refractivity contribution in [3.8, 4) is 11.5 Å². The smallest absolute Gasteiger partial charge is 0.331 e. The normalized spacial score (nSPS) is 16.5. The molecular weight excluding hydrogens is 310 g/mol. The van der Waals surface area contributed by atoms with Gasteiger partial charge in [-0.1, -0.05) is 5.75 Å². The number of imide groups is 2. The lowest BCUT2D eigenvalue weighted by molar-refractivity contribution is -0.385. The molecular formula is C13H10N3O7-. The van der Waals surface area contributed by atoms with Crippen LogP contribution in [0.4, 0.5) is 10.5 Å². The molecule has 1 saturated heterocycles. The SMILES string of the molecule is COc1cc([N+](=O)[O-])cc(/C=C2/C(=O)NC(=O)N(C)C2=O)c1[O-]. The second kappa shape index (κ2) is 5.75. The Kier molecular flexibility index (Phi) is 3.99. The fourth-order valence-corrected chi connectivity index (χ4v) is 1.87. The quantitative estimate of drug-likeness (QED) is 0.351. The number of benzene rings is 1. The molecule has 1 fully saturated rings. The third-order valence-corrected chi connectivity index (χ3v) is 3.10. The summed E-state index contributed by atoms with van der Waals surface area (Å²) in [6.45, 7) is 0. The topological polar surface area (TPSA) is 142 Å². The molecule has 1 aliphatic rings. The van der Waals surface area contributed by atoms with Gasteiger partial charge in [0.1, 0.15) is 11.3 Å². The highest BCUT2D eigenvalue weighted by Crippen LogP contribution is 2.34. The van der Waals surface area contributed by atoms with Gasteiger partial charge in [-0.15, -0.1) is 0 Å². The minimum Gasteiger partial charge on any atom is -0.870 e. The number of carbonyl (C=O) groups excluding carboxylic acids is 3. The monoisotopic (exact) mass is 320 g/mol. The molecule has 0 unspecified atom stereocenters. The Bertz CT molecular complexity index is 769. The van der Waals surface area contributed by atoms with E-state index in [4.69, 9.17) is 4.74 Å². The van der Waals surface area contributed by atoms with Gasteiger partial charge in [-0.05, 0) is 11.6 Å². The summed E-state index contributed by atoms with van der Waals surface area (Å²) in [6, 6.07) is 0.938. The molecule has 1 aliphatic heterocycles. The van der Waals surface area contributed by atoms with Crippen molar-refractivity contribution in [2.45, 2.75) is 0 Å². The first-order valence-electron chi connectivity index (χ1n) is 6.14. The molecule has 0 aliphatic carbocycles. The molecule has 10 nitrogen and oxygen atoms in total. The Morgan fingerprint density at radius 1 is 1.30 bits per heavy atom. The molecule has 120 valence electrons. The van der Waals surface area contributed by atoms with Crippen LogP contribution in [0.15, 0.2) is 17.7 Å². The lowest BCUT2D eigenvalue weighted by Crippen LogP contribution is -2.52. The number of amides is 4. The maximum atomic E-state index is 12.1. The van der Waals surface area contributed by atoms with E-state index < -0.39 is 39.8 Å². The highest BCUT2D eigenvalue weighted by molar-refractivity contribution is 6.30. The minimum absolute atomic E-state index is 0.280. The molecule has 23 heavy (non-hydrogen) atoms. The van der Waals surface area contributed by atoms with Crippen LogP contribution in [0.1, 0.15) is 5.56 Å². The standard InChI is InChI=1S/C13H11N3O7/c1-15-12(19)8(11(18)14-13(15)20)4-6-3-7(16(21)22)5-9(23-2)10(6)17/h3-5,17H,1-2H3,(H,14,18,20)/p-1/b8-4-. The zero-order valence-corrected chi connectivity index (χ0v) is 12.0. The number of likely N-dealkylation sites (N-methyl/N-ethyl adjacent to an activating group) is 1. The lowest BCUT2D eigenvalue weighted by atomic mass is 10.1. The van der Waals surface area contributed by atoms with Gasteiger partial charge in [-0.2, -0.15) is 0 Å². The maximum Gasteiger partial charge on any atom is 0.331 e. The molecule has 1 aromatic rings. The summed E-state index contributed by atoms with van der Waals surface area (Å²) in [5.74, 6) is -2.96. The largest absolute Gasteiger partial charge is 0.870 e. The summed E-state index contributed by atoms with van der Waals surface area (Å²) in [4.78, 5) is 45.8. The van der Waals surface area contributed by atoms with Crippen molar-refractivity contribution in [3.05, 3.63) is 33.4 Å². The number of nitrogens with one attached hydrogen (secondary N) is 1. The predicted octanol–water partition coefficient (Wildman–Crippen LogP) is -0.231. The van der Waals surface area contributed by atoms with E-state index in [1.165, 1.54) is 0 Å². The van der Waals surface area contributed by atoms with Gasteiger partial charge < -0.3 is 9.84 Å². The number of hydrogen-bond acceptors (Lipinski definition) is 7. The van der Waals surface area contributed by atoms with Gasteiger partial charge in [-0.25, -0.2) is 4.79 Å². The Labute approximate surface area is 129 Å². The van der Waals surface area contributed by atoms with Crippen molar-refractivity contribution in [2.75, 3.05) is 14.2 Å². The maximum absolute atomic E-state index is 12.1. The van der Waals surface area contributed by atoms with Crippen LogP contribution >= 0.6 is 0 Å². The van der Waals surface area contributed by atoms with E-state index in [-0.39, 0.29) is 11.3 Å². The summed E-state index contributed by atoms with van der Waals surface area (Å²) >= 11 is 0. The van der Waals surface area contributed by atoms with Crippen molar-refractivity contribution < 1.29 is 29.2 Å². The van der Waals surface area contributed by atoms with Gasteiger partial charge >= 0.3 is 6.03 Å². The molecule has 0 atom stereocenters. The number of ether oxygens (including phenoxy) is 1. The van der Waals surface area contributed by atoms with E-state index in [2.05, 4.69) is 0 Å². The van der Waals surface area contributed by atoms with Crippen LogP contribution in [0.2, 0.25) is 0 Å². The van der Waals surface area contributed by atoms with E-state index in [0.29, 0.717) is 4.90 Å². The van der Waals surface area contributed by atoms with Gasteiger partial charge in [-0.3, -0.25) is 29.9 Å². The number of methoxy groups -OCH3 is 1. The van der Waals surface area contributed by atoms with Crippen molar-refractivity contribution >= 4 is 29.6 Å². The van der Waals surface area contributed by atoms with Gasteiger partial charge in [0.2, 0.25) is 0 Å². The number of non-ortho nitro benzene ring substituents is 1. The highest BCUT2D eigenvalue weighted by Gasteiger charge is 2.33. The fraction of sp³-hybridized carbons (Fsp3) is 0.154. The Hall–Kier alpha value is -3.43. The number of nitrogens with zero attached hydrogens (tertiary/aromatic N) is 2. The number of rotatable bonds is 3. The Morgan fingerprint density at radius 3 is 2.52 bits per heavy atom. The number of hydrogen-bond donors (Lipinski definition) is 1. The number of carbonyl (C=O) groups is 3. The average molecular weight is 320 g/mol. The second-order valence-corrected chi connectivity index (χ2v) is 4.50. The van der Waals surface area contributed by atoms with Gasteiger partial charge in [0.15, 0.2) is 0 Å². The van der Waals surface area contributed by atoms with Crippen LogP contribution in [0.3, 0.4) is 0 Å². The van der Waals surface area contributed by atoms with Crippen molar-refractivity contribution in [1.29, 1.82) is 0 Å². The average Bonchev–Trinajstić information content (AvgIpc) is 2.50.